The Morgan fingerprint density at radius 3 is 2.95 bits per heavy atom. The van der Waals surface area contributed by atoms with Crippen LogP contribution in [0.15, 0.2) is 11.7 Å². The van der Waals surface area contributed by atoms with Gasteiger partial charge in [-0.15, -0.1) is 11.3 Å². The topological polar surface area (TPSA) is 59.5 Å². The molecule has 0 spiro atoms. The molecule has 118 valence electrons. The monoisotopic (exact) mass is 330 g/mol. The molecule has 5 nitrogen and oxygen atoms in total. The summed E-state index contributed by atoms with van der Waals surface area (Å²) >= 11 is 1.51. The smallest absolute Gasteiger partial charge is 0.410 e. The molecule has 0 N–H and O–H groups in total. The highest BCUT2D eigenvalue weighted by Gasteiger charge is 2.33. The van der Waals surface area contributed by atoms with Gasteiger partial charge in [0.2, 0.25) is 0 Å². The Balaban J connectivity index is 1.89. The van der Waals surface area contributed by atoms with E-state index in [2.05, 4.69) is 4.98 Å². The average Bonchev–Trinajstić information content (AvgIpc) is 2.97. The summed E-state index contributed by atoms with van der Waals surface area (Å²) in [6, 6.07) is 0.0219. The minimum absolute atomic E-state index is 0.0219. The van der Waals surface area contributed by atoms with Crippen molar-refractivity contribution in [1.82, 2.24) is 9.88 Å². The SMILES string of the molecule is CC(C)(C)OC(=O)N1CCC[C@H]1C[S@@](=O)Cc1cncs1. The number of hydrogen-bond acceptors (Lipinski definition) is 5. The van der Waals surface area contributed by atoms with E-state index in [1.165, 1.54) is 11.3 Å². The molecule has 1 amide bonds. The number of nitrogens with zero attached hydrogens (tertiary/aromatic N) is 2. The number of rotatable bonds is 4. The van der Waals surface area contributed by atoms with Gasteiger partial charge in [-0.05, 0) is 33.6 Å². The second-order valence-corrected chi connectivity index (χ2v) is 8.66. The van der Waals surface area contributed by atoms with Crippen LogP contribution in [0.25, 0.3) is 0 Å². The van der Waals surface area contributed by atoms with E-state index in [0.29, 0.717) is 18.1 Å². The summed E-state index contributed by atoms with van der Waals surface area (Å²) in [5.41, 5.74) is 1.25. The fraction of sp³-hybridized carbons (Fsp3) is 0.714. The highest BCUT2D eigenvalue weighted by molar-refractivity contribution is 7.84. The van der Waals surface area contributed by atoms with Crippen LogP contribution in [0, 0.1) is 0 Å². The van der Waals surface area contributed by atoms with Gasteiger partial charge in [0.15, 0.2) is 0 Å². The fourth-order valence-electron chi connectivity index (χ4n) is 2.32. The third kappa shape index (κ3) is 5.07. The fourth-order valence-corrected chi connectivity index (χ4v) is 4.65. The molecule has 0 unspecified atom stereocenters. The van der Waals surface area contributed by atoms with Crippen molar-refractivity contribution < 1.29 is 13.7 Å². The molecular formula is C14H22N2O3S2. The maximum atomic E-state index is 12.2. The van der Waals surface area contributed by atoms with Crippen LogP contribution in [0.3, 0.4) is 0 Å². The van der Waals surface area contributed by atoms with Crippen LogP contribution < -0.4 is 0 Å². The summed E-state index contributed by atoms with van der Waals surface area (Å²) in [4.78, 5) is 18.9. The first-order valence-electron chi connectivity index (χ1n) is 7.07. The number of carbonyl (C=O) groups is 1. The maximum Gasteiger partial charge on any atom is 0.410 e. The van der Waals surface area contributed by atoms with Gasteiger partial charge in [-0.25, -0.2) is 4.79 Å². The molecule has 0 saturated carbocycles. The molecule has 1 aromatic heterocycles. The van der Waals surface area contributed by atoms with Gasteiger partial charge in [-0.2, -0.15) is 0 Å². The maximum absolute atomic E-state index is 12.2. The quantitative estimate of drug-likeness (QED) is 0.852. The summed E-state index contributed by atoms with van der Waals surface area (Å²) in [5.74, 6) is 1.03. The number of hydrogen-bond donors (Lipinski definition) is 0. The molecule has 1 fully saturated rings. The van der Waals surface area contributed by atoms with Crippen LogP contribution in [0.5, 0.6) is 0 Å². The van der Waals surface area contributed by atoms with E-state index in [9.17, 15) is 9.00 Å². The molecule has 2 rings (SSSR count). The molecule has 1 aromatic rings. The minimum Gasteiger partial charge on any atom is -0.444 e. The van der Waals surface area contributed by atoms with E-state index in [4.69, 9.17) is 4.74 Å². The number of carbonyl (C=O) groups excluding carboxylic acids is 1. The molecule has 1 saturated heterocycles. The van der Waals surface area contributed by atoms with Crippen LogP contribution >= 0.6 is 11.3 Å². The van der Waals surface area contributed by atoms with E-state index in [1.807, 2.05) is 20.8 Å². The molecule has 2 heterocycles. The third-order valence-corrected chi connectivity index (χ3v) is 5.52. The van der Waals surface area contributed by atoms with Gasteiger partial charge >= 0.3 is 6.09 Å². The summed E-state index contributed by atoms with van der Waals surface area (Å²) in [5, 5.41) is 0. The molecule has 1 aliphatic rings. The van der Waals surface area contributed by atoms with Crippen LogP contribution in [0.4, 0.5) is 4.79 Å². The zero-order valence-electron chi connectivity index (χ0n) is 12.7. The normalized spacial score (nSPS) is 20.5. The second-order valence-electron chi connectivity index (χ2n) is 6.19. The largest absolute Gasteiger partial charge is 0.444 e. The molecule has 0 bridgehead atoms. The van der Waals surface area contributed by atoms with E-state index >= 15 is 0 Å². The van der Waals surface area contributed by atoms with Crippen molar-refractivity contribution in [3.05, 3.63) is 16.6 Å². The van der Waals surface area contributed by atoms with Gasteiger partial charge in [-0.3, -0.25) is 9.19 Å². The number of likely N-dealkylation sites (tertiary alicyclic amines) is 1. The van der Waals surface area contributed by atoms with Crippen molar-refractivity contribution in [2.75, 3.05) is 12.3 Å². The van der Waals surface area contributed by atoms with Crippen molar-refractivity contribution in [3.63, 3.8) is 0 Å². The van der Waals surface area contributed by atoms with Gasteiger partial charge in [0.25, 0.3) is 0 Å². The molecule has 0 aliphatic carbocycles. The number of aromatic nitrogens is 1. The minimum atomic E-state index is -0.979. The molecular weight excluding hydrogens is 308 g/mol. The number of ether oxygens (including phenoxy) is 1. The molecule has 7 heteroatoms. The number of thiazole rings is 1. The van der Waals surface area contributed by atoms with Crippen molar-refractivity contribution in [2.24, 2.45) is 0 Å². The van der Waals surface area contributed by atoms with E-state index in [0.717, 1.165) is 17.7 Å². The Bertz CT molecular complexity index is 497. The molecule has 0 aromatic carbocycles. The van der Waals surface area contributed by atoms with Crippen molar-refractivity contribution in [2.45, 2.75) is 51.0 Å². The predicted octanol–water partition coefficient (Wildman–Crippen LogP) is 2.79. The predicted molar refractivity (Wildman–Crippen MR) is 84.8 cm³/mol. The zero-order chi connectivity index (χ0) is 15.5. The first-order chi connectivity index (χ1) is 9.85. The van der Waals surface area contributed by atoms with E-state index < -0.39 is 16.4 Å². The Morgan fingerprint density at radius 1 is 1.57 bits per heavy atom. The van der Waals surface area contributed by atoms with E-state index in [-0.39, 0.29) is 12.1 Å². The lowest BCUT2D eigenvalue weighted by Gasteiger charge is -2.28. The lowest BCUT2D eigenvalue weighted by Crippen LogP contribution is -2.42. The summed E-state index contributed by atoms with van der Waals surface area (Å²) in [7, 11) is -0.979. The third-order valence-electron chi connectivity index (χ3n) is 3.17. The van der Waals surface area contributed by atoms with Crippen molar-refractivity contribution in [1.29, 1.82) is 0 Å². The molecule has 21 heavy (non-hydrogen) atoms. The zero-order valence-corrected chi connectivity index (χ0v) is 14.3. The van der Waals surface area contributed by atoms with Gasteiger partial charge in [0, 0.05) is 40.2 Å². The molecule has 0 radical (unpaired) electrons. The summed E-state index contributed by atoms with van der Waals surface area (Å²) in [6.07, 6.45) is 3.30. The molecule has 1 aliphatic heterocycles. The van der Waals surface area contributed by atoms with Gasteiger partial charge in [0.1, 0.15) is 5.60 Å². The lowest BCUT2D eigenvalue weighted by atomic mass is 10.2. The van der Waals surface area contributed by atoms with Crippen molar-refractivity contribution in [3.8, 4) is 0 Å². The Hall–Kier alpha value is -0.950. The number of amides is 1. The molecule has 2 atom stereocenters. The van der Waals surface area contributed by atoms with Crippen LogP contribution in [-0.4, -0.2) is 44.1 Å². The highest BCUT2D eigenvalue weighted by atomic mass is 32.2. The second kappa shape index (κ2) is 6.87. The average molecular weight is 330 g/mol. The van der Waals surface area contributed by atoms with Crippen LogP contribution in [-0.2, 0) is 21.3 Å². The van der Waals surface area contributed by atoms with Gasteiger partial charge in [-0.1, -0.05) is 0 Å². The highest BCUT2D eigenvalue weighted by Crippen LogP contribution is 2.22. The Kier molecular flexibility index (Phi) is 5.37. The summed E-state index contributed by atoms with van der Waals surface area (Å²) in [6.45, 7) is 6.27. The summed E-state index contributed by atoms with van der Waals surface area (Å²) < 4.78 is 17.7. The first-order valence-corrected chi connectivity index (χ1v) is 9.44. The van der Waals surface area contributed by atoms with E-state index in [1.54, 1.807) is 16.6 Å². The Morgan fingerprint density at radius 2 is 2.33 bits per heavy atom. The standard InChI is InChI=1S/C14H22N2O3S2/c1-14(2,3)19-13(17)16-6-4-5-11(16)8-21(18)9-12-7-15-10-20-12/h7,10-11H,4-6,8-9H2,1-3H3/t11-,21+/m0/s1. The van der Waals surface area contributed by atoms with Gasteiger partial charge < -0.3 is 9.64 Å². The Labute approximate surface area is 132 Å². The van der Waals surface area contributed by atoms with Crippen molar-refractivity contribution >= 4 is 28.2 Å². The van der Waals surface area contributed by atoms with Gasteiger partial charge in [0.05, 0.1) is 11.3 Å². The lowest BCUT2D eigenvalue weighted by molar-refractivity contribution is 0.0241. The van der Waals surface area contributed by atoms with Crippen LogP contribution in [0.1, 0.15) is 38.5 Å². The van der Waals surface area contributed by atoms with Crippen LogP contribution in [0.2, 0.25) is 0 Å². The first kappa shape index (κ1) is 16.4.